The molecule has 0 bridgehead atoms. The number of hydrogen-bond donors (Lipinski definition) is 1. The van der Waals surface area contributed by atoms with Gasteiger partial charge in [-0.05, 0) is 35.4 Å². The van der Waals surface area contributed by atoms with E-state index in [0.717, 1.165) is 0 Å². The highest BCUT2D eigenvalue weighted by molar-refractivity contribution is 6.35. The minimum Gasteiger partial charge on any atom is -0.467 e. The molecule has 2 aromatic rings. The molecule has 132 valence electrons. The van der Waals surface area contributed by atoms with Crippen LogP contribution in [0.3, 0.4) is 0 Å². The first-order chi connectivity index (χ1) is 11.9. The Bertz CT molecular complexity index is 783. The van der Waals surface area contributed by atoms with Gasteiger partial charge in [0, 0.05) is 16.5 Å². The molecule has 4 nitrogen and oxygen atoms in total. The maximum absolute atomic E-state index is 13.2. The third kappa shape index (κ3) is 5.73. The van der Waals surface area contributed by atoms with Gasteiger partial charge in [-0.15, -0.1) is 0 Å². The summed E-state index contributed by atoms with van der Waals surface area (Å²) >= 11 is 12.0. The smallest absolute Gasteiger partial charge is 0.328 e. The maximum atomic E-state index is 13.2. The van der Waals surface area contributed by atoms with Crippen LogP contribution >= 0.6 is 23.2 Å². The quantitative estimate of drug-likeness (QED) is 0.775. The number of halogens is 3. The molecule has 0 heterocycles. The van der Waals surface area contributed by atoms with Crippen LogP contribution in [0.1, 0.15) is 11.1 Å². The highest BCUT2D eigenvalue weighted by Gasteiger charge is 2.23. The monoisotopic (exact) mass is 383 g/mol. The zero-order valence-corrected chi connectivity index (χ0v) is 14.9. The number of methoxy groups -OCH3 is 1. The van der Waals surface area contributed by atoms with Gasteiger partial charge in [0.2, 0.25) is 5.91 Å². The summed E-state index contributed by atoms with van der Waals surface area (Å²) in [4.78, 5) is 24.2. The lowest BCUT2D eigenvalue weighted by Gasteiger charge is -2.17. The largest absolute Gasteiger partial charge is 0.467 e. The predicted molar refractivity (Wildman–Crippen MR) is 94.2 cm³/mol. The van der Waals surface area contributed by atoms with E-state index in [4.69, 9.17) is 27.9 Å². The fourth-order valence-electron chi connectivity index (χ4n) is 2.32. The first kappa shape index (κ1) is 19.2. The van der Waals surface area contributed by atoms with E-state index in [9.17, 15) is 14.0 Å². The fraction of sp³-hybridized carbons (Fsp3) is 0.222. The second-order valence-electron chi connectivity index (χ2n) is 5.39. The number of benzene rings is 2. The van der Waals surface area contributed by atoms with Crippen molar-refractivity contribution in [3.8, 4) is 0 Å². The predicted octanol–water partition coefficient (Wildman–Crippen LogP) is 3.58. The summed E-state index contributed by atoms with van der Waals surface area (Å²) < 4.78 is 17.9. The Kier molecular flexibility index (Phi) is 6.79. The molecule has 0 aromatic heterocycles. The summed E-state index contributed by atoms with van der Waals surface area (Å²) in [6.07, 6.45) is 0.0944. The number of hydrogen-bond acceptors (Lipinski definition) is 3. The average Bonchev–Trinajstić information content (AvgIpc) is 2.55. The van der Waals surface area contributed by atoms with Gasteiger partial charge in [0.05, 0.1) is 13.5 Å². The number of rotatable bonds is 6. The Morgan fingerprint density at radius 1 is 1.20 bits per heavy atom. The van der Waals surface area contributed by atoms with Crippen LogP contribution in [-0.4, -0.2) is 25.0 Å². The zero-order chi connectivity index (χ0) is 18.4. The Morgan fingerprint density at radius 3 is 2.60 bits per heavy atom. The van der Waals surface area contributed by atoms with Gasteiger partial charge in [0.25, 0.3) is 0 Å². The Hall–Kier alpha value is -2.11. The third-order valence-electron chi connectivity index (χ3n) is 3.51. The first-order valence-corrected chi connectivity index (χ1v) is 8.20. The van der Waals surface area contributed by atoms with Crippen molar-refractivity contribution in [3.63, 3.8) is 0 Å². The molecule has 0 spiro atoms. The molecule has 25 heavy (non-hydrogen) atoms. The molecule has 0 fully saturated rings. The molecule has 2 aromatic carbocycles. The van der Waals surface area contributed by atoms with E-state index < -0.39 is 23.7 Å². The highest BCUT2D eigenvalue weighted by Crippen LogP contribution is 2.22. The van der Waals surface area contributed by atoms with Crippen molar-refractivity contribution >= 4 is 35.1 Å². The minimum atomic E-state index is -0.912. The summed E-state index contributed by atoms with van der Waals surface area (Å²) in [5.74, 6) is -1.45. The summed E-state index contributed by atoms with van der Waals surface area (Å²) in [6, 6.07) is 9.68. The summed E-state index contributed by atoms with van der Waals surface area (Å²) in [7, 11) is 1.23. The molecule has 0 saturated carbocycles. The highest BCUT2D eigenvalue weighted by atomic mass is 35.5. The van der Waals surface area contributed by atoms with Gasteiger partial charge < -0.3 is 10.1 Å². The van der Waals surface area contributed by atoms with E-state index in [1.807, 2.05) is 0 Å². The maximum Gasteiger partial charge on any atom is 0.328 e. The SMILES string of the molecule is COC(=O)[C@@H](Cc1ccc(Cl)cc1Cl)NC(=O)Cc1cccc(F)c1. The molecule has 7 heteroatoms. The number of amides is 1. The normalized spacial score (nSPS) is 11.7. The molecular weight excluding hydrogens is 368 g/mol. The fourth-order valence-corrected chi connectivity index (χ4v) is 2.81. The van der Waals surface area contributed by atoms with Crippen molar-refractivity contribution in [2.24, 2.45) is 0 Å². The van der Waals surface area contributed by atoms with Crippen molar-refractivity contribution in [2.75, 3.05) is 7.11 Å². The molecule has 2 rings (SSSR count). The second kappa shape index (κ2) is 8.83. The van der Waals surface area contributed by atoms with E-state index in [1.165, 1.54) is 25.3 Å². The van der Waals surface area contributed by atoms with Crippen molar-refractivity contribution in [3.05, 3.63) is 69.5 Å². The van der Waals surface area contributed by atoms with E-state index in [0.29, 0.717) is 21.2 Å². The lowest BCUT2D eigenvalue weighted by Crippen LogP contribution is -2.43. The van der Waals surface area contributed by atoms with Crippen LogP contribution in [0.15, 0.2) is 42.5 Å². The van der Waals surface area contributed by atoms with Crippen molar-refractivity contribution in [1.29, 1.82) is 0 Å². The second-order valence-corrected chi connectivity index (χ2v) is 6.23. The number of carbonyl (C=O) groups is 2. The van der Waals surface area contributed by atoms with Crippen LogP contribution in [0.2, 0.25) is 10.0 Å². The molecule has 1 amide bonds. The lowest BCUT2D eigenvalue weighted by atomic mass is 10.0. The van der Waals surface area contributed by atoms with Gasteiger partial charge in [0.1, 0.15) is 11.9 Å². The van der Waals surface area contributed by atoms with Crippen LogP contribution in [0.25, 0.3) is 0 Å². The van der Waals surface area contributed by atoms with E-state index in [2.05, 4.69) is 5.32 Å². The van der Waals surface area contributed by atoms with Gasteiger partial charge >= 0.3 is 5.97 Å². The standard InChI is InChI=1S/C18H16Cl2FNO3/c1-25-18(24)16(9-12-5-6-13(19)10-15(12)20)22-17(23)8-11-3-2-4-14(21)7-11/h2-7,10,16H,8-9H2,1H3,(H,22,23)/t16-/m1/s1. The number of carbonyl (C=O) groups excluding carboxylic acids is 2. The summed E-state index contributed by atoms with van der Waals surface area (Å²) in [5, 5.41) is 3.46. The lowest BCUT2D eigenvalue weighted by molar-refractivity contribution is -0.145. The van der Waals surface area contributed by atoms with Crippen LogP contribution < -0.4 is 5.32 Å². The molecule has 0 aliphatic carbocycles. The van der Waals surface area contributed by atoms with Crippen molar-refractivity contribution in [2.45, 2.75) is 18.9 Å². The van der Waals surface area contributed by atoms with Gasteiger partial charge in [-0.3, -0.25) is 4.79 Å². The summed E-state index contributed by atoms with van der Waals surface area (Å²) in [5.41, 5.74) is 1.15. The first-order valence-electron chi connectivity index (χ1n) is 7.44. The number of nitrogens with one attached hydrogen (secondary N) is 1. The van der Waals surface area contributed by atoms with E-state index in [1.54, 1.807) is 24.3 Å². The van der Waals surface area contributed by atoms with Crippen molar-refractivity contribution < 1.29 is 18.7 Å². The Morgan fingerprint density at radius 2 is 1.96 bits per heavy atom. The van der Waals surface area contributed by atoms with E-state index >= 15 is 0 Å². The zero-order valence-electron chi connectivity index (χ0n) is 13.4. The molecule has 0 unspecified atom stereocenters. The van der Waals surface area contributed by atoms with Crippen LogP contribution in [-0.2, 0) is 27.2 Å². The molecule has 0 aliphatic heterocycles. The van der Waals surface area contributed by atoms with Crippen LogP contribution in [0.4, 0.5) is 4.39 Å². The molecule has 0 aliphatic rings. The minimum absolute atomic E-state index is 0.0559. The topological polar surface area (TPSA) is 55.4 Å². The van der Waals surface area contributed by atoms with Crippen LogP contribution in [0, 0.1) is 5.82 Å². The van der Waals surface area contributed by atoms with Gasteiger partial charge in [-0.1, -0.05) is 41.4 Å². The van der Waals surface area contributed by atoms with Gasteiger partial charge in [-0.25, -0.2) is 9.18 Å². The molecule has 0 saturated heterocycles. The summed E-state index contributed by atoms with van der Waals surface area (Å²) in [6.45, 7) is 0. The number of ether oxygens (including phenoxy) is 1. The Labute approximate surface area is 154 Å². The van der Waals surface area contributed by atoms with Crippen molar-refractivity contribution in [1.82, 2.24) is 5.32 Å². The molecule has 1 atom stereocenters. The van der Waals surface area contributed by atoms with E-state index in [-0.39, 0.29) is 12.8 Å². The molecule has 1 N–H and O–H groups in total. The Balaban J connectivity index is 2.09. The van der Waals surface area contributed by atoms with Gasteiger partial charge in [0.15, 0.2) is 0 Å². The van der Waals surface area contributed by atoms with Crippen LogP contribution in [0.5, 0.6) is 0 Å². The molecule has 0 radical (unpaired) electrons. The van der Waals surface area contributed by atoms with Gasteiger partial charge in [-0.2, -0.15) is 0 Å². The average molecular weight is 384 g/mol. The third-order valence-corrected chi connectivity index (χ3v) is 4.10. The molecular formula is C18H16Cl2FNO3. The number of esters is 1.